The molecule has 2 nitrogen and oxygen atoms in total. The zero-order valence-electron chi connectivity index (χ0n) is 19.1. The van der Waals surface area contributed by atoms with Crippen molar-refractivity contribution in [2.24, 2.45) is 7.05 Å². The summed E-state index contributed by atoms with van der Waals surface area (Å²) < 4.78 is 6.14. The summed E-state index contributed by atoms with van der Waals surface area (Å²) in [5.41, 5.74) is 7.64. The molecule has 0 amide bonds. The second-order valence-electron chi connectivity index (χ2n) is 9.04. The van der Waals surface area contributed by atoms with E-state index in [9.17, 15) is 0 Å². The Morgan fingerprint density at radius 1 is 0.706 bits per heavy atom. The van der Waals surface area contributed by atoms with E-state index in [2.05, 4.69) is 125 Å². The Kier molecular flexibility index (Phi) is 4.32. The fourth-order valence-corrected chi connectivity index (χ4v) is 7.11. The number of pyridine rings is 1. The SMILES string of the molecule is Cc1cc2cc[se]c2cc1-c1c2ccc(-n3c4ccccc4c4ccccc43)cc2cc[n+]1C. The van der Waals surface area contributed by atoms with E-state index in [1.807, 2.05) is 0 Å². The van der Waals surface area contributed by atoms with E-state index in [1.165, 1.54) is 64.7 Å². The summed E-state index contributed by atoms with van der Waals surface area (Å²) in [7, 11) is 2.16. The van der Waals surface area contributed by atoms with Gasteiger partial charge >= 0.3 is 192 Å². The molecule has 162 valence electrons. The number of benzene rings is 4. The van der Waals surface area contributed by atoms with Gasteiger partial charge in [0.2, 0.25) is 0 Å². The monoisotopic (exact) mass is 503 g/mol. The van der Waals surface area contributed by atoms with Crippen LogP contribution in [-0.4, -0.2) is 19.1 Å². The van der Waals surface area contributed by atoms with Gasteiger partial charge in [0.1, 0.15) is 0 Å². The average Bonchev–Trinajstić information content (AvgIpc) is 3.45. The second-order valence-corrected chi connectivity index (χ2v) is 11.0. The zero-order valence-corrected chi connectivity index (χ0v) is 20.8. The van der Waals surface area contributed by atoms with Crippen LogP contribution in [-0.2, 0) is 7.05 Å². The van der Waals surface area contributed by atoms with Crippen molar-refractivity contribution in [2.75, 3.05) is 0 Å². The Labute approximate surface area is 204 Å². The van der Waals surface area contributed by atoms with Gasteiger partial charge in [-0.3, -0.25) is 0 Å². The number of aromatic nitrogens is 2. The second kappa shape index (κ2) is 7.43. The van der Waals surface area contributed by atoms with Crippen molar-refractivity contribution in [3.63, 3.8) is 0 Å². The van der Waals surface area contributed by atoms with E-state index < -0.39 is 0 Å². The van der Waals surface area contributed by atoms with Crippen LogP contribution in [0.25, 0.3) is 59.2 Å². The van der Waals surface area contributed by atoms with Gasteiger partial charge in [-0.05, 0) is 0 Å². The van der Waals surface area contributed by atoms with Crippen molar-refractivity contribution in [3.05, 3.63) is 108 Å². The van der Waals surface area contributed by atoms with Gasteiger partial charge in [0, 0.05) is 0 Å². The Morgan fingerprint density at radius 3 is 2.21 bits per heavy atom. The third kappa shape index (κ3) is 2.84. The number of nitrogens with zero attached hydrogens (tertiary/aromatic N) is 2. The molecule has 4 aromatic carbocycles. The summed E-state index contributed by atoms with van der Waals surface area (Å²) in [5.74, 6) is 0. The summed E-state index contributed by atoms with van der Waals surface area (Å²) in [4.78, 5) is 2.32. The van der Waals surface area contributed by atoms with Crippen LogP contribution in [0.1, 0.15) is 5.56 Å². The molecular formula is C31H23N2Se+. The van der Waals surface area contributed by atoms with Gasteiger partial charge in [-0.25, -0.2) is 0 Å². The molecule has 3 heteroatoms. The predicted octanol–water partition coefficient (Wildman–Crippen LogP) is 6.95. The Hall–Kier alpha value is -3.65. The van der Waals surface area contributed by atoms with E-state index in [-0.39, 0.29) is 0 Å². The molecule has 0 aliphatic heterocycles. The molecule has 0 aliphatic rings. The Bertz CT molecular complexity index is 1830. The number of fused-ring (bicyclic) bond motifs is 5. The first-order chi connectivity index (χ1) is 16.7. The van der Waals surface area contributed by atoms with Crippen LogP contribution in [0.4, 0.5) is 0 Å². The molecule has 7 aromatic rings. The summed E-state index contributed by atoms with van der Waals surface area (Å²) in [6.45, 7) is 2.24. The number of hydrogen-bond acceptors (Lipinski definition) is 0. The first-order valence-corrected chi connectivity index (χ1v) is 13.4. The molecule has 3 heterocycles. The van der Waals surface area contributed by atoms with E-state index in [4.69, 9.17) is 0 Å². The minimum absolute atomic E-state index is 0.435. The van der Waals surface area contributed by atoms with Crippen LogP contribution in [0.3, 0.4) is 0 Å². The van der Waals surface area contributed by atoms with Crippen LogP contribution in [0, 0.1) is 6.92 Å². The molecule has 0 radical (unpaired) electrons. The molecule has 34 heavy (non-hydrogen) atoms. The van der Waals surface area contributed by atoms with Gasteiger partial charge < -0.3 is 0 Å². The van der Waals surface area contributed by atoms with Gasteiger partial charge in [-0.1, -0.05) is 12.1 Å². The quantitative estimate of drug-likeness (QED) is 0.179. The van der Waals surface area contributed by atoms with Crippen molar-refractivity contribution in [2.45, 2.75) is 6.92 Å². The topological polar surface area (TPSA) is 8.81 Å². The molecule has 0 aliphatic carbocycles. The van der Waals surface area contributed by atoms with Gasteiger partial charge in [0.15, 0.2) is 0 Å². The fraction of sp³-hybridized carbons (Fsp3) is 0.0645. The van der Waals surface area contributed by atoms with E-state index in [0.717, 1.165) is 0 Å². The van der Waals surface area contributed by atoms with E-state index >= 15 is 0 Å². The van der Waals surface area contributed by atoms with Gasteiger partial charge in [-0.15, -0.1) is 0 Å². The fourth-order valence-electron chi connectivity index (χ4n) is 5.41. The molecule has 0 atom stereocenters. The number of hydrogen-bond donors (Lipinski definition) is 0. The molecule has 7 rings (SSSR count). The van der Waals surface area contributed by atoms with Crippen molar-refractivity contribution < 1.29 is 4.57 Å². The van der Waals surface area contributed by atoms with Gasteiger partial charge in [-0.2, -0.15) is 0 Å². The standard InChI is InChI=1S/C31H23N2Se/c1-20-17-22-14-16-34-30(22)19-27(20)31-24-12-11-23(18-21(24)13-15-32(31)2)33-28-9-5-3-7-25(28)26-8-4-6-10-29(26)33/h3-19H,1-2H3/q+1. The molecule has 0 saturated carbocycles. The van der Waals surface area contributed by atoms with Gasteiger partial charge in [0.25, 0.3) is 0 Å². The summed E-state index contributed by atoms with van der Waals surface area (Å²) in [6.07, 6.45) is 2.20. The van der Waals surface area contributed by atoms with Crippen LogP contribution in [0.2, 0.25) is 0 Å². The molecule has 0 fully saturated rings. The number of para-hydroxylation sites is 2. The van der Waals surface area contributed by atoms with Crippen LogP contribution in [0.5, 0.6) is 0 Å². The molecule has 0 bridgehead atoms. The van der Waals surface area contributed by atoms with Crippen LogP contribution >= 0.6 is 0 Å². The normalized spacial score (nSPS) is 11.8. The maximum atomic E-state index is 2.42. The van der Waals surface area contributed by atoms with Crippen molar-refractivity contribution in [1.29, 1.82) is 0 Å². The van der Waals surface area contributed by atoms with E-state index in [0.29, 0.717) is 14.5 Å². The van der Waals surface area contributed by atoms with Gasteiger partial charge in [0.05, 0.1) is 0 Å². The van der Waals surface area contributed by atoms with Crippen molar-refractivity contribution in [1.82, 2.24) is 4.57 Å². The zero-order chi connectivity index (χ0) is 22.8. The first kappa shape index (κ1) is 19.8. The minimum atomic E-state index is 0.435. The predicted molar refractivity (Wildman–Crippen MR) is 144 cm³/mol. The number of rotatable bonds is 2. The summed E-state index contributed by atoms with van der Waals surface area (Å²) >= 11 is 0.435. The molecule has 3 aromatic heterocycles. The number of aryl methyl sites for hydroxylation is 2. The van der Waals surface area contributed by atoms with Crippen LogP contribution in [0.15, 0.2) is 102 Å². The van der Waals surface area contributed by atoms with Crippen molar-refractivity contribution >= 4 is 56.7 Å². The summed E-state index contributed by atoms with van der Waals surface area (Å²) in [6, 6.07) is 33.6. The third-order valence-corrected chi connectivity index (χ3v) is 8.86. The van der Waals surface area contributed by atoms with E-state index in [1.54, 1.807) is 0 Å². The molecule has 0 spiro atoms. The third-order valence-electron chi connectivity index (χ3n) is 7.01. The van der Waals surface area contributed by atoms with Crippen LogP contribution < -0.4 is 4.57 Å². The summed E-state index contributed by atoms with van der Waals surface area (Å²) in [5, 5.41) is 6.52. The molecule has 0 saturated heterocycles. The average molecular weight is 502 g/mol. The Balaban J connectivity index is 1.50. The first-order valence-electron chi connectivity index (χ1n) is 11.6. The Morgan fingerprint density at radius 2 is 1.44 bits per heavy atom. The molecular weight excluding hydrogens is 479 g/mol. The molecule has 0 unspecified atom stereocenters. The molecule has 0 N–H and O–H groups in total. The maximum absolute atomic E-state index is 2.42. The van der Waals surface area contributed by atoms with Crippen molar-refractivity contribution in [3.8, 4) is 16.9 Å².